The summed E-state index contributed by atoms with van der Waals surface area (Å²) in [6, 6.07) is 3.62. The quantitative estimate of drug-likeness (QED) is 0.932. The zero-order valence-electron chi connectivity index (χ0n) is 11.5. The van der Waals surface area contributed by atoms with Crippen molar-refractivity contribution >= 4 is 5.97 Å². The molecule has 21 heavy (non-hydrogen) atoms. The molecule has 0 aromatic heterocycles. The Balaban J connectivity index is 2.29. The van der Waals surface area contributed by atoms with Gasteiger partial charge >= 0.3 is 12.3 Å². The van der Waals surface area contributed by atoms with E-state index >= 15 is 0 Å². The first-order valence-corrected chi connectivity index (χ1v) is 6.57. The van der Waals surface area contributed by atoms with E-state index in [9.17, 15) is 18.0 Å². The van der Waals surface area contributed by atoms with Crippen LogP contribution in [-0.2, 0) is 0 Å². The van der Waals surface area contributed by atoms with Crippen LogP contribution in [0, 0.1) is 0 Å². The van der Waals surface area contributed by atoms with Gasteiger partial charge in [0, 0.05) is 0 Å². The number of carbonyl (C=O) groups is 1. The summed E-state index contributed by atoms with van der Waals surface area (Å²) in [6.45, 7) is 1.66. The fraction of sp³-hybridized carbons (Fsp3) is 0.500. The lowest BCUT2D eigenvalue weighted by Gasteiger charge is -2.29. The van der Waals surface area contributed by atoms with Crippen LogP contribution in [-0.4, -0.2) is 42.5 Å². The third kappa shape index (κ3) is 4.35. The molecule has 1 aromatic carbocycles. The Hall–Kier alpha value is -1.76. The minimum absolute atomic E-state index is 0.0519. The van der Waals surface area contributed by atoms with Crippen LogP contribution in [0.1, 0.15) is 34.7 Å². The number of hydrogen-bond donors (Lipinski definition) is 1. The third-order valence-electron chi connectivity index (χ3n) is 3.60. The summed E-state index contributed by atoms with van der Waals surface area (Å²) in [5.74, 6) is -1.69. The predicted molar refractivity (Wildman–Crippen MR) is 69.6 cm³/mol. The average Bonchev–Trinajstić information content (AvgIpc) is 2.37. The molecule has 1 fully saturated rings. The Morgan fingerprint density at radius 2 is 1.90 bits per heavy atom. The monoisotopic (exact) mass is 303 g/mol. The first-order valence-electron chi connectivity index (χ1n) is 6.57. The standard InChI is InChI=1S/C14H16F3NO3/c1-18-4-2-9(3-5-18)10-6-11(13(19)20)8-12(7-10)21-14(15,16)17/h6-9H,2-5H2,1H3,(H,19,20). The van der Waals surface area contributed by atoms with Crippen LogP contribution in [0.15, 0.2) is 18.2 Å². The van der Waals surface area contributed by atoms with Gasteiger partial charge in [0.15, 0.2) is 0 Å². The molecule has 4 nitrogen and oxygen atoms in total. The van der Waals surface area contributed by atoms with Gasteiger partial charge in [0.2, 0.25) is 0 Å². The first-order chi connectivity index (χ1) is 9.74. The molecule has 1 heterocycles. The Morgan fingerprint density at radius 1 is 1.29 bits per heavy atom. The van der Waals surface area contributed by atoms with Crippen LogP contribution in [0.4, 0.5) is 13.2 Å². The molecule has 0 spiro atoms. The van der Waals surface area contributed by atoms with Gasteiger partial charge in [-0.3, -0.25) is 0 Å². The van der Waals surface area contributed by atoms with Crippen molar-refractivity contribution in [3.63, 3.8) is 0 Å². The molecular formula is C14H16F3NO3. The van der Waals surface area contributed by atoms with E-state index in [2.05, 4.69) is 9.64 Å². The van der Waals surface area contributed by atoms with Gasteiger partial charge in [-0.1, -0.05) is 0 Å². The summed E-state index contributed by atoms with van der Waals surface area (Å²) in [5, 5.41) is 9.03. The number of halogens is 3. The van der Waals surface area contributed by atoms with E-state index in [0.29, 0.717) is 5.56 Å². The van der Waals surface area contributed by atoms with E-state index in [1.807, 2.05) is 7.05 Å². The SMILES string of the molecule is CN1CCC(c2cc(OC(F)(F)F)cc(C(=O)O)c2)CC1. The molecule has 1 saturated heterocycles. The zero-order valence-corrected chi connectivity index (χ0v) is 11.5. The van der Waals surface area contributed by atoms with Gasteiger partial charge in [0.1, 0.15) is 5.75 Å². The number of ether oxygens (including phenoxy) is 1. The Labute approximate surface area is 120 Å². The normalized spacial score (nSPS) is 17.7. The van der Waals surface area contributed by atoms with Gasteiger partial charge in [-0.15, -0.1) is 13.2 Å². The van der Waals surface area contributed by atoms with Gasteiger partial charge in [-0.05, 0) is 62.7 Å². The topological polar surface area (TPSA) is 49.8 Å². The molecule has 0 bridgehead atoms. The van der Waals surface area contributed by atoms with Gasteiger partial charge in [-0.25, -0.2) is 4.79 Å². The van der Waals surface area contributed by atoms with Crippen molar-refractivity contribution < 1.29 is 27.8 Å². The number of likely N-dealkylation sites (tertiary alicyclic amines) is 1. The minimum Gasteiger partial charge on any atom is -0.478 e. The Morgan fingerprint density at radius 3 is 2.43 bits per heavy atom. The van der Waals surface area contributed by atoms with Gasteiger partial charge < -0.3 is 14.7 Å². The van der Waals surface area contributed by atoms with Gasteiger partial charge in [0.05, 0.1) is 5.56 Å². The smallest absolute Gasteiger partial charge is 0.478 e. The molecule has 116 valence electrons. The van der Waals surface area contributed by atoms with Crippen LogP contribution in [0.2, 0.25) is 0 Å². The fourth-order valence-electron chi connectivity index (χ4n) is 2.52. The summed E-state index contributed by atoms with van der Waals surface area (Å²) in [4.78, 5) is 13.2. The van der Waals surface area contributed by atoms with Crippen LogP contribution >= 0.6 is 0 Å². The fourth-order valence-corrected chi connectivity index (χ4v) is 2.52. The number of nitrogens with zero attached hydrogens (tertiary/aromatic N) is 1. The molecule has 1 N–H and O–H groups in total. The maximum atomic E-state index is 12.3. The van der Waals surface area contributed by atoms with E-state index in [1.54, 1.807) is 0 Å². The maximum Gasteiger partial charge on any atom is 0.573 e. The van der Waals surface area contributed by atoms with E-state index in [4.69, 9.17) is 5.11 Å². The second-order valence-electron chi connectivity index (χ2n) is 5.22. The summed E-state index contributed by atoms with van der Waals surface area (Å²) < 4.78 is 40.8. The number of benzene rings is 1. The van der Waals surface area contributed by atoms with Crippen molar-refractivity contribution in [1.29, 1.82) is 0 Å². The summed E-state index contributed by atoms with van der Waals surface area (Å²) >= 11 is 0. The molecule has 7 heteroatoms. The van der Waals surface area contributed by atoms with E-state index in [0.717, 1.165) is 32.0 Å². The molecule has 0 unspecified atom stereocenters. The summed E-state index contributed by atoms with van der Waals surface area (Å²) in [5.41, 5.74) is 0.396. The van der Waals surface area contributed by atoms with Crippen LogP contribution in [0.25, 0.3) is 0 Å². The molecule has 0 radical (unpaired) electrons. The number of hydrogen-bond acceptors (Lipinski definition) is 3. The molecule has 1 aliphatic heterocycles. The van der Waals surface area contributed by atoms with Crippen molar-refractivity contribution in [2.24, 2.45) is 0 Å². The molecule has 1 aliphatic rings. The van der Waals surface area contributed by atoms with Crippen molar-refractivity contribution in [2.45, 2.75) is 25.1 Å². The number of carboxylic acids is 1. The van der Waals surface area contributed by atoms with E-state index in [-0.39, 0.29) is 11.5 Å². The zero-order chi connectivity index (χ0) is 15.6. The number of aromatic carboxylic acids is 1. The molecule has 0 amide bonds. The van der Waals surface area contributed by atoms with Crippen molar-refractivity contribution in [3.8, 4) is 5.75 Å². The van der Waals surface area contributed by atoms with E-state index < -0.39 is 18.1 Å². The highest BCUT2D eigenvalue weighted by atomic mass is 19.4. The number of rotatable bonds is 3. The number of alkyl halides is 3. The first kappa shape index (κ1) is 15.6. The average molecular weight is 303 g/mol. The Bertz CT molecular complexity index is 523. The molecule has 2 rings (SSSR count). The highest BCUT2D eigenvalue weighted by Crippen LogP contribution is 2.32. The molecule has 0 atom stereocenters. The van der Waals surface area contributed by atoms with Crippen LogP contribution in [0.5, 0.6) is 5.75 Å². The van der Waals surface area contributed by atoms with Crippen molar-refractivity contribution in [2.75, 3.05) is 20.1 Å². The lowest BCUT2D eigenvalue weighted by Crippen LogP contribution is -2.29. The lowest BCUT2D eigenvalue weighted by atomic mass is 9.88. The molecule has 1 aromatic rings. The second kappa shape index (κ2) is 5.93. The summed E-state index contributed by atoms with van der Waals surface area (Å²) in [7, 11) is 1.97. The lowest BCUT2D eigenvalue weighted by molar-refractivity contribution is -0.274. The number of carboxylic acid groups (broad SMARTS) is 1. The van der Waals surface area contributed by atoms with Crippen molar-refractivity contribution in [1.82, 2.24) is 4.90 Å². The summed E-state index contributed by atoms with van der Waals surface area (Å²) in [6.07, 6.45) is -3.27. The van der Waals surface area contributed by atoms with Crippen molar-refractivity contribution in [3.05, 3.63) is 29.3 Å². The third-order valence-corrected chi connectivity index (χ3v) is 3.60. The molecule has 0 saturated carbocycles. The Kier molecular flexibility index (Phi) is 4.41. The van der Waals surface area contributed by atoms with E-state index in [1.165, 1.54) is 12.1 Å². The minimum atomic E-state index is -4.83. The van der Waals surface area contributed by atoms with Gasteiger partial charge in [-0.2, -0.15) is 0 Å². The highest BCUT2D eigenvalue weighted by Gasteiger charge is 2.32. The van der Waals surface area contributed by atoms with Crippen LogP contribution < -0.4 is 4.74 Å². The predicted octanol–water partition coefficient (Wildman–Crippen LogP) is 3.09. The van der Waals surface area contributed by atoms with Gasteiger partial charge in [0.25, 0.3) is 0 Å². The molecular weight excluding hydrogens is 287 g/mol. The second-order valence-corrected chi connectivity index (χ2v) is 5.22. The van der Waals surface area contributed by atoms with Crippen LogP contribution in [0.3, 0.4) is 0 Å². The molecule has 0 aliphatic carbocycles. The largest absolute Gasteiger partial charge is 0.573 e. The highest BCUT2D eigenvalue weighted by molar-refractivity contribution is 5.88. The number of piperidine rings is 1. The maximum absolute atomic E-state index is 12.3.